The molecule has 180 valence electrons. The first-order valence-electron chi connectivity index (χ1n) is 11.8. The summed E-state index contributed by atoms with van der Waals surface area (Å²) in [6.45, 7) is 9.36. The van der Waals surface area contributed by atoms with Crippen molar-refractivity contribution in [3.63, 3.8) is 0 Å². The molecular formula is C28H36F3NO. The van der Waals surface area contributed by atoms with Gasteiger partial charge in [-0.05, 0) is 54.7 Å². The molecule has 1 N–H and O–H groups in total. The Hall–Kier alpha value is -2.56. The first-order chi connectivity index (χ1) is 15.6. The van der Waals surface area contributed by atoms with E-state index in [2.05, 4.69) is 56.9 Å². The van der Waals surface area contributed by atoms with Crippen molar-refractivity contribution >= 4 is 17.2 Å². The maximum atomic E-state index is 12.3. The molecule has 5 heteroatoms. The maximum Gasteiger partial charge on any atom is 0.431 e. The average molecular weight is 460 g/mol. The van der Waals surface area contributed by atoms with Crippen LogP contribution in [0.5, 0.6) is 0 Å². The van der Waals surface area contributed by atoms with E-state index in [1.807, 2.05) is 6.07 Å². The second-order valence-electron chi connectivity index (χ2n) is 9.35. The second kappa shape index (κ2) is 12.6. The van der Waals surface area contributed by atoms with Gasteiger partial charge in [0, 0.05) is 16.5 Å². The van der Waals surface area contributed by atoms with E-state index in [4.69, 9.17) is 0 Å². The van der Waals surface area contributed by atoms with E-state index in [0.29, 0.717) is 22.8 Å². The molecule has 1 saturated carbocycles. The summed E-state index contributed by atoms with van der Waals surface area (Å²) in [5.74, 6) is 2.95. The summed E-state index contributed by atoms with van der Waals surface area (Å²) in [5.41, 5.74) is 1.26. The van der Waals surface area contributed by atoms with Gasteiger partial charge in [-0.1, -0.05) is 83.0 Å². The number of nitrogens with one attached hydrogen (secondary N) is 1. The fourth-order valence-corrected chi connectivity index (χ4v) is 4.36. The molecule has 0 aliphatic heterocycles. The lowest BCUT2D eigenvalue weighted by Gasteiger charge is -2.11. The number of alkyl halides is 3. The number of aromatic nitrogens is 1. The first-order valence-corrected chi connectivity index (χ1v) is 11.8. The monoisotopic (exact) mass is 459 g/mol. The third kappa shape index (κ3) is 9.07. The zero-order valence-corrected chi connectivity index (χ0v) is 20.1. The molecule has 0 spiro atoms. The minimum absolute atomic E-state index is 0.312. The largest absolute Gasteiger partial charge is 0.431 e. The Morgan fingerprint density at radius 1 is 0.909 bits per heavy atom. The summed E-state index contributed by atoms with van der Waals surface area (Å²) < 4.78 is 36.9. The molecule has 3 atom stereocenters. The zero-order chi connectivity index (χ0) is 24.4. The Balaban J connectivity index is 0.000000186. The Morgan fingerprint density at radius 2 is 1.52 bits per heavy atom. The van der Waals surface area contributed by atoms with Gasteiger partial charge >= 0.3 is 6.18 Å². The summed E-state index contributed by atoms with van der Waals surface area (Å²) in [4.78, 5) is 12.6. The summed E-state index contributed by atoms with van der Waals surface area (Å²) in [7, 11) is 0. The molecule has 0 radical (unpaired) electrons. The van der Waals surface area contributed by atoms with Gasteiger partial charge in [0.05, 0.1) is 0 Å². The molecule has 1 unspecified atom stereocenters. The molecule has 33 heavy (non-hydrogen) atoms. The van der Waals surface area contributed by atoms with Crippen LogP contribution >= 0.6 is 0 Å². The van der Waals surface area contributed by atoms with Crippen LogP contribution in [0, 0.1) is 17.8 Å². The Morgan fingerprint density at radius 3 is 2.00 bits per heavy atom. The van der Waals surface area contributed by atoms with Crippen LogP contribution in [0.1, 0.15) is 75.0 Å². The lowest BCUT2D eigenvalue weighted by atomic mass is 9.95. The zero-order valence-electron chi connectivity index (χ0n) is 20.1. The number of fused-ring (bicyclic) bond motifs is 1. The number of rotatable bonds is 2. The molecule has 1 heterocycles. The van der Waals surface area contributed by atoms with Crippen LogP contribution in [0.15, 0.2) is 54.6 Å². The fourth-order valence-electron chi connectivity index (χ4n) is 4.36. The van der Waals surface area contributed by atoms with Gasteiger partial charge < -0.3 is 4.98 Å². The normalized spacial score (nSPS) is 20.6. The van der Waals surface area contributed by atoms with E-state index >= 15 is 0 Å². The van der Waals surface area contributed by atoms with E-state index in [-0.39, 0.29) is 0 Å². The van der Waals surface area contributed by atoms with Crippen LogP contribution in [0.25, 0.3) is 10.9 Å². The van der Waals surface area contributed by atoms with Crippen LogP contribution in [0.2, 0.25) is 0 Å². The third-order valence-electron chi connectivity index (χ3n) is 6.10. The highest BCUT2D eigenvalue weighted by Crippen LogP contribution is 2.31. The molecule has 0 saturated heterocycles. The van der Waals surface area contributed by atoms with E-state index in [1.54, 1.807) is 0 Å². The molecule has 0 bridgehead atoms. The van der Waals surface area contributed by atoms with Crippen molar-refractivity contribution in [2.24, 2.45) is 17.8 Å². The van der Waals surface area contributed by atoms with Crippen molar-refractivity contribution in [3.05, 3.63) is 71.4 Å². The number of aromatic amines is 1. The van der Waals surface area contributed by atoms with Gasteiger partial charge in [0.2, 0.25) is 0 Å². The number of halogens is 3. The Labute approximate surface area is 195 Å². The predicted octanol–water partition coefficient (Wildman–Crippen LogP) is 8.72. The van der Waals surface area contributed by atoms with E-state index in [9.17, 15) is 18.0 Å². The molecule has 1 fully saturated rings. The molecular weight excluding hydrogens is 423 g/mol. The summed E-state index contributed by atoms with van der Waals surface area (Å²) >= 11 is 0. The standard InChI is InChI=1S/C10H6F3NO.C10H20.C8H10/c11-10(12,13)9-4-7-2-1-6(5-15)3-8(7)14-9;1-8-4-5-9(2)7-10(3)6-8;1-2-8-6-4-3-5-7-8/h1-5,14H;8-10H,4-7H2,1-3H3;3-7H,2H2,1H3/t;8-,9+,10?;. The number of hydrogen-bond acceptors (Lipinski definition) is 1. The molecule has 1 aliphatic carbocycles. The van der Waals surface area contributed by atoms with E-state index in [0.717, 1.165) is 30.2 Å². The number of carbonyl (C=O) groups excluding carboxylic acids is 1. The minimum Gasteiger partial charge on any atom is -0.351 e. The lowest BCUT2D eigenvalue weighted by molar-refractivity contribution is -0.140. The van der Waals surface area contributed by atoms with Crippen LogP contribution in [0.3, 0.4) is 0 Å². The maximum absolute atomic E-state index is 12.3. The smallest absolute Gasteiger partial charge is 0.351 e. The molecule has 3 aromatic rings. The summed E-state index contributed by atoms with van der Waals surface area (Å²) in [5, 5.41) is 0.438. The first kappa shape index (κ1) is 26.7. The number of aryl methyl sites for hydroxylation is 1. The van der Waals surface area contributed by atoms with Crippen molar-refractivity contribution in [1.82, 2.24) is 4.98 Å². The molecule has 2 aromatic carbocycles. The number of aldehydes is 1. The van der Waals surface area contributed by atoms with Gasteiger partial charge in [-0.3, -0.25) is 4.79 Å². The third-order valence-corrected chi connectivity index (χ3v) is 6.10. The van der Waals surface area contributed by atoms with Gasteiger partial charge in [0.25, 0.3) is 0 Å². The highest BCUT2D eigenvalue weighted by Gasteiger charge is 2.32. The molecule has 1 aromatic heterocycles. The second-order valence-corrected chi connectivity index (χ2v) is 9.35. The van der Waals surface area contributed by atoms with E-state index < -0.39 is 11.9 Å². The molecule has 2 nitrogen and oxygen atoms in total. The van der Waals surface area contributed by atoms with Crippen molar-refractivity contribution in [1.29, 1.82) is 0 Å². The number of H-pyrrole nitrogens is 1. The number of benzene rings is 2. The van der Waals surface area contributed by atoms with Gasteiger partial charge in [0.1, 0.15) is 12.0 Å². The fraction of sp³-hybridized carbons (Fsp3) is 0.464. The van der Waals surface area contributed by atoms with Gasteiger partial charge in [-0.15, -0.1) is 0 Å². The van der Waals surface area contributed by atoms with Crippen LogP contribution in [-0.2, 0) is 12.6 Å². The van der Waals surface area contributed by atoms with Gasteiger partial charge in [-0.2, -0.15) is 13.2 Å². The van der Waals surface area contributed by atoms with Crippen molar-refractivity contribution in [2.75, 3.05) is 0 Å². The number of carbonyl (C=O) groups is 1. The highest BCUT2D eigenvalue weighted by atomic mass is 19.4. The van der Waals surface area contributed by atoms with E-state index in [1.165, 1.54) is 49.4 Å². The average Bonchev–Trinajstić information content (AvgIpc) is 3.16. The van der Waals surface area contributed by atoms with Gasteiger partial charge in [0.15, 0.2) is 0 Å². The van der Waals surface area contributed by atoms with Gasteiger partial charge in [-0.25, -0.2) is 0 Å². The molecule has 1 aliphatic rings. The quantitative estimate of drug-likeness (QED) is 0.302. The highest BCUT2D eigenvalue weighted by molar-refractivity contribution is 5.87. The minimum atomic E-state index is -4.39. The SMILES string of the molecule is CC1C[C@H](C)CC[C@H](C)C1.CCc1ccccc1.O=Cc1ccc2cc(C(F)(F)F)[nH]c2c1. The Kier molecular flexibility index (Phi) is 10.2. The van der Waals surface area contributed by atoms with Crippen LogP contribution in [-0.4, -0.2) is 11.3 Å². The Bertz CT molecular complexity index is 966. The van der Waals surface area contributed by atoms with Crippen molar-refractivity contribution in [2.45, 2.75) is 66.0 Å². The van der Waals surface area contributed by atoms with Crippen LogP contribution in [0.4, 0.5) is 13.2 Å². The molecule has 0 amide bonds. The molecule has 4 rings (SSSR count). The topological polar surface area (TPSA) is 32.9 Å². The van der Waals surface area contributed by atoms with Crippen molar-refractivity contribution < 1.29 is 18.0 Å². The summed E-state index contributed by atoms with van der Waals surface area (Å²) in [6.07, 6.45) is 3.19. The predicted molar refractivity (Wildman–Crippen MR) is 130 cm³/mol. The van der Waals surface area contributed by atoms with Crippen molar-refractivity contribution in [3.8, 4) is 0 Å². The van der Waals surface area contributed by atoms with Crippen LogP contribution < -0.4 is 0 Å². The summed E-state index contributed by atoms with van der Waals surface area (Å²) in [6, 6.07) is 15.8. The number of hydrogen-bond donors (Lipinski definition) is 1. The lowest BCUT2D eigenvalue weighted by Crippen LogP contribution is -2.04.